The first-order valence-corrected chi connectivity index (χ1v) is 9.23. The zero-order valence-electron chi connectivity index (χ0n) is 14.0. The number of hydrogen-bond acceptors (Lipinski definition) is 4. The van der Waals surface area contributed by atoms with E-state index >= 15 is 0 Å². The Morgan fingerprint density at radius 1 is 1.15 bits per heavy atom. The van der Waals surface area contributed by atoms with Crippen molar-refractivity contribution in [3.8, 4) is 5.75 Å². The van der Waals surface area contributed by atoms with Crippen LogP contribution >= 0.6 is 23.4 Å². The molecule has 3 nitrogen and oxygen atoms in total. The topological polar surface area (TPSA) is 35.5 Å². The monoisotopic (exact) mass is 390 g/mol. The highest BCUT2D eigenvalue weighted by Crippen LogP contribution is 2.33. The molecule has 0 N–H and O–H groups in total. The second kappa shape index (κ2) is 8.43. The summed E-state index contributed by atoms with van der Waals surface area (Å²) in [5.74, 6) is -0.567. The number of rotatable bonds is 6. The molecule has 3 rings (SSSR count). The first kappa shape index (κ1) is 18.5. The summed E-state index contributed by atoms with van der Waals surface area (Å²) in [7, 11) is 1.40. The fourth-order valence-corrected chi connectivity index (χ4v) is 3.77. The molecule has 0 amide bonds. The zero-order chi connectivity index (χ0) is 18.5. The summed E-state index contributed by atoms with van der Waals surface area (Å²) in [6.45, 7) is 0.0105. The number of fused-ring (bicyclic) bond motifs is 1. The molecular weight excluding hydrogens is 375 g/mol. The van der Waals surface area contributed by atoms with Crippen LogP contribution in [0.2, 0.25) is 5.02 Å². The van der Waals surface area contributed by atoms with Crippen LogP contribution in [-0.4, -0.2) is 18.8 Å². The van der Waals surface area contributed by atoms with Crippen LogP contribution < -0.4 is 4.74 Å². The fourth-order valence-electron chi connectivity index (χ4n) is 2.52. The molecule has 0 spiro atoms. The molecule has 0 bridgehead atoms. The standard InChI is InChI=1S/C20H16ClFO3S/c1-24-17-9-8-13(10-16(17)22)11-25-19(23)12-26-18-7-3-5-14-4-2-6-15(21)20(14)18/h2-10H,11-12H2,1H3. The van der Waals surface area contributed by atoms with Gasteiger partial charge in [0, 0.05) is 15.3 Å². The maximum atomic E-state index is 13.6. The van der Waals surface area contributed by atoms with Crippen molar-refractivity contribution < 1.29 is 18.7 Å². The molecule has 0 fully saturated rings. The van der Waals surface area contributed by atoms with E-state index in [2.05, 4.69) is 0 Å². The Labute approximate surface area is 160 Å². The Kier molecular flexibility index (Phi) is 6.01. The van der Waals surface area contributed by atoms with Crippen LogP contribution in [-0.2, 0) is 16.1 Å². The lowest BCUT2D eigenvalue weighted by Gasteiger charge is -2.09. The fraction of sp³-hybridized carbons (Fsp3) is 0.150. The highest BCUT2D eigenvalue weighted by molar-refractivity contribution is 8.00. The first-order chi connectivity index (χ1) is 12.6. The van der Waals surface area contributed by atoms with Gasteiger partial charge in [0.1, 0.15) is 6.61 Å². The second-order valence-corrected chi connectivity index (χ2v) is 6.94. The van der Waals surface area contributed by atoms with Gasteiger partial charge in [-0.25, -0.2) is 4.39 Å². The van der Waals surface area contributed by atoms with Crippen LogP contribution in [0.15, 0.2) is 59.5 Å². The number of ether oxygens (including phenoxy) is 2. The SMILES string of the molecule is COc1ccc(COC(=O)CSc2cccc3cccc(Cl)c23)cc1F. The smallest absolute Gasteiger partial charge is 0.316 e. The van der Waals surface area contributed by atoms with Crippen molar-refractivity contribution in [2.75, 3.05) is 12.9 Å². The number of thioether (sulfide) groups is 1. The molecule has 3 aromatic carbocycles. The normalized spacial score (nSPS) is 10.7. The summed E-state index contributed by atoms with van der Waals surface area (Å²) in [5, 5.41) is 2.59. The van der Waals surface area contributed by atoms with E-state index in [0.717, 1.165) is 15.7 Å². The summed E-state index contributed by atoms with van der Waals surface area (Å²) < 4.78 is 23.7. The van der Waals surface area contributed by atoms with Gasteiger partial charge < -0.3 is 9.47 Å². The quantitative estimate of drug-likeness (QED) is 0.412. The Morgan fingerprint density at radius 2 is 1.92 bits per heavy atom. The molecule has 0 saturated carbocycles. The van der Waals surface area contributed by atoms with Gasteiger partial charge in [0.25, 0.3) is 0 Å². The minimum absolute atomic E-state index is 0.0105. The predicted molar refractivity (Wildman–Crippen MR) is 102 cm³/mol. The van der Waals surface area contributed by atoms with Gasteiger partial charge in [0.05, 0.1) is 12.9 Å². The minimum Gasteiger partial charge on any atom is -0.494 e. The number of esters is 1. The highest BCUT2D eigenvalue weighted by atomic mass is 35.5. The van der Waals surface area contributed by atoms with E-state index in [9.17, 15) is 9.18 Å². The largest absolute Gasteiger partial charge is 0.494 e. The molecule has 0 heterocycles. The lowest BCUT2D eigenvalue weighted by Crippen LogP contribution is -2.07. The lowest BCUT2D eigenvalue weighted by atomic mass is 10.1. The molecule has 6 heteroatoms. The average Bonchev–Trinajstić information content (AvgIpc) is 2.65. The van der Waals surface area contributed by atoms with Crippen LogP contribution in [0.1, 0.15) is 5.56 Å². The zero-order valence-corrected chi connectivity index (χ0v) is 15.6. The molecule has 0 aromatic heterocycles. The van der Waals surface area contributed by atoms with E-state index in [0.29, 0.717) is 10.6 Å². The minimum atomic E-state index is -0.485. The van der Waals surface area contributed by atoms with E-state index in [1.54, 1.807) is 6.07 Å². The molecule has 0 unspecified atom stereocenters. The van der Waals surface area contributed by atoms with Gasteiger partial charge in [0.2, 0.25) is 0 Å². The molecule has 0 atom stereocenters. The third-order valence-corrected chi connectivity index (χ3v) is 5.12. The summed E-state index contributed by atoms with van der Waals surface area (Å²) in [4.78, 5) is 12.9. The summed E-state index contributed by atoms with van der Waals surface area (Å²) in [6.07, 6.45) is 0. The van der Waals surface area contributed by atoms with Crippen molar-refractivity contribution in [2.24, 2.45) is 0 Å². The molecular formula is C20H16ClFO3S. The van der Waals surface area contributed by atoms with Crippen LogP contribution in [0.4, 0.5) is 4.39 Å². The lowest BCUT2D eigenvalue weighted by molar-refractivity contribution is -0.141. The maximum absolute atomic E-state index is 13.6. The van der Waals surface area contributed by atoms with Crippen molar-refractivity contribution in [1.29, 1.82) is 0 Å². The molecule has 0 aliphatic heterocycles. The van der Waals surface area contributed by atoms with Crippen LogP contribution in [0.25, 0.3) is 10.8 Å². The van der Waals surface area contributed by atoms with Gasteiger partial charge in [-0.1, -0.05) is 41.9 Å². The molecule has 0 aliphatic carbocycles. The predicted octanol–water partition coefficient (Wildman–Crippen LogP) is 5.48. The number of carbonyl (C=O) groups excluding carboxylic acids is 1. The summed E-state index contributed by atoms with van der Waals surface area (Å²) in [6, 6.07) is 16.0. The van der Waals surface area contributed by atoms with Crippen LogP contribution in [0, 0.1) is 5.82 Å². The third-order valence-electron chi connectivity index (χ3n) is 3.78. The van der Waals surface area contributed by atoms with Crippen molar-refractivity contribution >= 4 is 40.1 Å². The number of hydrogen-bond donors (Lipinski definition) is 0. The van der Waals surface area contributed by atoms with Gasteiger partial charge in [0.15, 0.2) is 11.6 Å². The van der Waals surface area contributed by atoms with Gasteiger partial charge >= 0.3 is 5.97 Å². The summed E-state index contributed by atoms with van der Waals surface area (Å²) in [5.41, 5.74) is 0.565. The molecule has 134 valence electrons. The van der Waals surface area contributed by atoms with Gasteiger partial charge in [-0.05, 0) is 35.2 Å². The van der Waals surface area contributed by atoms with Gasteiger partial charge in [-0.15, -0.1) is 11.8 Å². The number of methoxy groups -OCH3 is 1. The number of carbonyl (C=O) groups is 1. The molecule has 3 aromatic rings. The number of halogens is 2. The van der Waals surface area contributed by atoms with Crippen LogP contribution in [0.3, 0.4) is 0 Å². The van der Waals surface area contributed by atoms with Crippen molar-refractivity contribution in [3.05, 3.63) is 71.0 Å². The van der Waals surface area contributed by atoms with Crippen molar-refractivity contribution in [3.63, 3.8) is 0 Å². The Hall–Kier alpha value is -2.24. The number of benzene rings is 3. The van der Waals surface area contributed by atoms with Crippen molar-refractivity contribution in [2.45, 2.75) is 11.5 Å². The van der Waals surface area contributed by atoms with E-state index in [4.69, 9.17) is 21.1 Å². The Bertz CT molecular complexity index is 940. The average molecular weight is 391 g/mol. The maximum Gasteiger partial charge on any atom is 0.316 e. The van der Waals surface area contributed by atoms with E-state index in [1.807, 2.05) is 36.4 Å². The van der Waals surface area contributed by atoms with Crippen molar-refractivity contribution in [1.82, 2.24) is 0 Å². The highest BCUT2D eigenvalue weighted by Gasteiger charge is 2.10. The second-order valence-electron chi connectivity index (χ2n) is 5.51. The van der Waals surface area contributed by atoms with Crippen LogP contribution in [0.5, 0.6) is 5.75 Å². The Morgan fingerprint density at radius 3 is 2.65 bits per heavy atom. The molecule has 0 saturated heterocycles. The van der Waals surface area contributed by atoms with E-state index < -0.39 is 5.82 Å². The molecule has 0 radical (unpaired) electrons. The van der Waals surface area contributed by atoms with Gasteiger partial charge in [-0.2, -0.15) is 0 Å². The third kappa shape index (κ3) is 4.29. The Balaban J connectivity index is 1.60. The molecule has 26 heavy (non-hydrogen) atoms. The van der Waals surface area contributed by atoms with E-state index in [1.165, 1.54) is 31.0 Å². The summed E-state index contributed by atoms with van der Waals surface area (Å²) >= 11 is 7.65. The molecule has 0 aliphatic rings. The van der Waals surface area contributed by atoms with E-state index in [-0.39, 0.29) is 24.1 Å². The first-order valence-electron chi connectivity index (χ1n) is 7.86. The van der Waals surface area contributed by atoms with Gasteiger partial charge in [-0.3, -0.25) is 4.79 Å².